The van der Waals surface area contributed by atoms with Crippen molar-refractivity contribution < 1.29 is 28.7 Å². The monoisotopic (exact) mass is 487 g/mol. The van der Waals surface area contributed by atoms with E-state index >= 15 is 0 Å². The zero-order valence-electron chi connectivity index (χ0n) is 19.3. The lowest BCUT2D eigenvalue weighted by Gasteiger charge is -2.13. The van der Waals surface area contributed by atoms with Gasteiger partial charge in [0.2, 0.25) is 5.91 Å². The fourth-order valence-electron chi connectivity index (χ4n) is 3.61. The Kier molecular flexibility index (Phi) is 9.17. The SMILES string of the molecule is COCCNC(=O)c1c(NC(=O)COC(=O)c2ccc(CNC(C)=O)cc2)sc2c1CCCC2. The first-order valence-corrected chi connectivity index (χ1v) is 11.9. The summed E-state index contributed by atoms with van der Waals surface area (Å²) in [6.45, 7) is 2.08. The highest BCUT2D eigenvalue weighted by molar-refractivity contribution is 7.17. The molecule has 10 heteroatoms. The van der Waals surface area contributed by atoms with Gasteiger partial charge >= 0.3 is 5.97 Å². The Bertz CT molecular complexity index is 1050. The maximum Gasteiger partial charge on any atom is 0.338 e. The molecule has 0 unspecified atom stereocenters. The van der Waals surface area contributed by atoms with Crippen LogP contribution in [-0.2, 0) is 38.4 Å². The highest BCUT2D eigenvalue weighted by Crippen LogP contribution is 2.38. The first-order chi connectivity index (χ1) is 16.4. The van der Waals surface area contributed by atoms with Gasteiger partial charge in [-0.15, -0.1) is 11.3 Å². The van der Waals surface area contributed by atoms with Crippen LogP contribution >= 0.6 is 11.3 Å². The number of hydrogen-bond acceptors (Lipinski definition) is 7. The average molecular weight is 488 g/mol. The third-order valence-electron chi connectivity index (χ3n) is 5.31. The molecule has 0 spiro atoms. The number of carbonyl (C=O) groups is 4. The highest BCUT2D eigenvalue weighted by atomic mass is 32.1. The molecule has 0 bridgehead atoms. The first kappa shape index (κ1) is 25.4. The second-order valence-electron chi connectivity index (χ2n) is 7.89. The standard InChI is InChI=1S/C24H29N3O6S/c1-15(28)26-13-16-7-9-17(10-8-16)24(31)33-14-20(29)27-23-21(22(30)25-11-12-32-2)18-5-3-4-6-19(18)34-23/h7-10H,3-6,11-14H2,1-2H3,(H,25,30)(H,26,28)(H,27,29). The number of anilines is 1. The van der Waals surface area contributed by atoms with Crippen molar-refractivity contribution in [2.75, 3.05) is 32.2 Å². The van der Waals surface area contributed by atoms with Crippen LogP contribution < -0.4 is 16.0 Å². The lowest BCUT2D eigenvalue weighted by Crippen LogP contribution is -2.29. The minimum atomic E-state index is -0.635. The average Bonchev–Trinajstić information content (AvgIpc) is 3.19. The van der Waals surface area contributed by atoms with E-state index in [9.17, 15) is 19.2 Å². The third-order valence-corrected chi connectivity index (χ3v) is 6.52. The minimum Gasteiger partial charge on any atom is -0.452 e. The van der Waals surface area contributed by atoms with Gasteiger partial charge in [-0.05, 0) is 48.9 Å². The van der Waals surface area contributed by atoms with Crippen molar-refractivity contribution in [2.24, 2.45) is 0 Å². The van der Waals surface area contributed by atoms with E-state index < -0.39 is 18.5 Å². The molecule has 1 heterocycles. The molecule has 1 aliphatic carbocycles. The molecule has 0 saturated carbocycles. The van der Waals surface area contributed by atoms with E-state index in [-0.39, 0.29) is 11.8 Å². The molecule has 3 rings (SSSR count). The fourth-order valence-corrected chi connectivity index (χ4v) is 4.91. The fraction of sp³-hybridized carbons (Fsp3) is 0.417. The minimum absolute atomic E-state index is 0.142. The molecule has 1 aromatic heterocycles. The molecule has 0 aliphatic heterocycles. The van der Waals surface area contributed by atoms with Gasteiger partial charge in [-0.3, -0.25) is 14.4 Å². The Morgan fingerprint density at radius 3 is 2.47 bits per heavy atom. The number of ether oxygens (including phenoxy) is 2. The van der Waals surface area contributed by atoms with Crippen molar-refractivity contribution in [2.45, 2.75) is 39.2 Å². The third kappa shape index (κ3) is 6.88. The number of rotatable bonds is 10. The molecule has 1 aromatic carbocycles. The first-order valence-electron chi connectivity index (χ1n) is 11.1. The Balaban J connectivity index is 1.60. The summed E-state index contributed by atoms with van der Waals surface area (Å²) < 4.78 is 10.1. The number of methoxy groups -OCH3 is 1. The normalized spacial score (nSPS) is 12.4. The number of carbonyl (C=O) groups excluding carboxylic acids is 4. The van der Waals surface area contributed by atoms with Gasteiger partial charge in [0.1, 0.15) is 5.00 Å². The summed E-state index contributed by atoms with van der Waals surface area (Å²) >= 11 is 1.40. The summed E-state index contributed by atoms with van der Waals surface area (Å²) in [6, 6.07) is 6.56. The number of hydrogen-bond donors (Lipinski definition) is 3. The number of esters is 1. The second kappa shape index (κ2) is 12.3. The number of aryl methyl sites for hydroxylation is 1. The van der Waals surface area contributed by atoms with Crippen molar-refractivity contribution in [1.82, 2.24) is 10.6 Å². The van der Waals surface area contributed by atoms with Gasteiger partial charge in [-0.2, -0.15) is 0 Å². The van der Waals surface area contributed by atoms with Gasteiger partial charge in [0, 0.05) is 32.0 Å². The van der Waals surface area contributed by atoms with Gasteiger partial charge < -0.3 is 25.4 Å². The van der Waals surface area contributed by atoms with Crippen molar-refractivity contribution in [3.05, 3.63) is 51.4 Å². The van der Waals surface area contributed by atoms with Crippen LogP contribution in [0, 0.1) is 0 Å². The van der Waals surface area contributed by atoms with Crippen molar-refractivity contribution >= 4 is 40.0 Å². The summed E-state index contributed by atoms with van der Waals surface area (Å²) in [4.78, 5) is 49.7. The largest absolute Gasteiger partial charge is 0.452 e. The van der Waals surface area contributed by atoms with Crippen LogP contribution in [0.25, 0.3) is 0 Å². The predicted molar refractivity (Wildman–Crippen MR) is 128 cm³/mol. The molecular formula is C24H29N3O6S. The highest BCUT2D eigenvalue weighted by Gasteiger charge is 2.26. The summed E-state index contributed by atoms with van der Waals surface area (Å²) in [5, 5.41) is 8.73. The van der Waals surface area contributed by atoms with E-state index in [2.05, 4.69) is 16.0 Å². The molecule has 182 valence electrons. The zero-order valence-corrected chi connectivity index (χ0v) is 20.1. The molecule has 3 N–H and O–H groups in total. The Labute approximate surface area is 202 Å². The maximum atomic E-state index is 12.8. The Morgan fingerprint density at radius 2 is 1.76 bits per heavy atom. The number of amides is 3. The van der Waals surface area contributed by atoms with E-state index in [0.717, 1.165) is 41.7 Å². The molecule has 9 nitrogen and oxygen atoms in total. The van der Waals surface area contributed by atoms with Gasteiger partial charge in [0.05, 0.1) is 17.7 Å². The van der Waals surface area contributed by atoms with E-state index in [1.165, 1.54) is 18.3 Å². The van der Waals surface area contributed by atoms with E-state index in [1.807, 2.05) is 0 Å². The van der Waals surface area contributed by atoms with E-state index in [4.69, 9.17) is 9.47 Å². The van der Waals surface area contributed by atoms with Crippen LogP contribution in [-0.4, -0.2) is 50.6 Å². The summed E-state index contributed by atoms with van der Waals surface area (Å²) in [5.41, 5.74) is 2.61. The number of benzene rings is 1. The lowest BCUT2D eigenvalue weighted by atomic mass is 9.95. The van der Waals surface area contributed by atoms with Crippen molar-refractivity contribution in [3.8, 4) is 0 Å². The smallest absolute Gasteiger partial charge is 0.338 e. The molecule has 0 saturated heterocycles. The summed E-state index contributed by atoms with van der Waals surface area (Å²) in [7, 11) is 1.56. The van der Waals surface area contributed by atoms with Crippen molar-refractivity contribution in [3.63, 3.8) is 0 Å². The van der Waals surface area contributed by atoms with Crippen LogP contribution in [0.1, 0.15) is 56.5 Å². The molecule has 2 aromatic rings. The topological polar surface area (TPSA) is 123 Å². The molecule has 1 aliphatic rings. The maximum absolute atomic E-state index is 12.8. The Hall–Kier alpha value is -3.24. The van der Waals surface area contributed by atoms with Crippen LogP contribution in [0.2, 0.25) is 0 Å². The molecular weight excluding hydrogens is 458 g/mol. The molecule has 0 fully saturated rings. The Morgan fingerprint density at radius 1 is 1.03 bits per heavy atom. The second-order valence-corrected chi connectivity index (χ2v) is 9.00. The van der Waals surface area contributed by atoms with Crippen LogP contribution in [0.5, 0.6) is 0 Å². The van der Waals surface area contributed by atoms with E-state index in [1.54, 1.807) is 31.4 Å². The quantitative estimate of drug-likeness (QED) is 0.349. The van der Waals surface area contributed by atoms with Gasteiger partial charge in [-0.1, -0.05) is 12.1 Å². The molecule has 0 atom stereocenters. The number of fused-ring (bicyclic) bond motifs is 1. The van der Waals surface area contributed by atoms with Gasteiger partial charge in [0.25, 0.3) is 11.8 Å². The van der Waals surface area contributed by atoms with Crippen LogP contribution in [0.4, 0.5) is 5.00 Å². The lowest BCUT2D eigenvalue weighted by molar-refractivity contribution is -0.119. The number of nitrogens with one attached hydrogen (secondary N) is 3. The van der Waals surface area contributed by atoms with E-state index in [0.29, 0.717) is 35.8 Å². The molecule has 34 heavy (non-hydrogen) atoms. The van der Waals surface area contributed by atoms with Gasteiger partial charge in [0.15, 0.2) is 6.61 Å². The summed E-state index contributed by atoms with van der Waals surface area (Å²) in [6.07, 6.45) is 3.71. The van der Waals surface area contributed by atoms with Gasteiger partial charge in [-0.25, -0.2) is 4.79 Å². The summed E-state index contributed by atoms with van der Waals surface area (Å²) in [5.74, 6) is -1.54. The number of thiophene rings is 1. The zero-order chi connectivity index (χ0) is 24.5. The predicted octanol–water partition coefficient (Wildman–Crippen LogP) is 2.43. The molecule has 0 radical (unpaired) electrons. The van der Waals surface area contributed by atoms with Crippen molar-refractivity contribution in [1.29, 1.82) is 0 Å². The molecule has 3 amide bonds. The van der Waals surface area contributed by atoms with Crippen LogP contribution in [0.3, 0.4) is 0 Å². The van der Waals surface area contributed by atoms with Crippen LogP contribution in [0.15, 0.2) is 24.3 Å².